The molecule has 0 amide bonds. The summed E-state index contributed by atoms with van der Waals surface area (Å²) in [4.78, 5) is 0. The third-order valence-corrected chi connectivity index (χ3v) is 7.67. The van der Waals surface area contributed by atoms with Gasteiger partial charge in [-0.2, -0.15) is 0 Å². The average Bonchev–Trinajstić information content (AvgIpc) is 3.10. The quantitative estimate of drug-likeness (QED) is 0.117. The highest BCUT2D eigenvalue weighted by molar-refractivity contribution is 5.17. The van der Waals surface area contributed by atoms with Gasteiger partial charge in [-0.25, -0.2) is 0 Å². The second-order valence-electron chi connectivity index (χ2n) is 10.9. The van der Waals surface area contributed by atoms with E-state index < -0.39 is 30.2 Å². The Kier molecular flexibility index (Phi) is 12.3. The van der Waals surface area contributed by atoms with Crippen LogP contribution in [0.15, 0.2) is 147 Å². The standard InChI is InChI=1S/C39H42O6/c1-3-25-44-39(4-2)38(43-29-34-23-15-8-16-24-34)37(42-28-33-21-13-7-14-22-33)36(41-27-32-19-11-6-12-20-32)35(45-39)30-40-26-31-17-9-5-10-18-31/h3-24,35-38H,1-2,25-30H2/t35?,36-,37+,38?,39-/m0/s1. The first-order valence-electron chi connectivity index (χ1n) is 15.4. The van der Waals surface area contributed by atoms with Crippen LogP contribution in [0.25, 0.3) is 0 Å². The summed E-state index contributed by atoms with van der Waals surface area (Å²) in [5.41, 5.74) is 4.14. The topological polar surface area (TPSA) is 55.4 Å². The Labute approximate surface area is 266 Å². The second-order valence-corrected chi connectivity index (χ2v) is 10.9. The van der Waals surface area contributed by atoms with E-state index in [0.717, 1.165) is 22.3 Å². The van der Waals surface area contributed by atoms with Crippen LogP contribution in [0, 0.1) is 0 Å². The van der Waals surface area contributed by atoms with E-state index in [2.05, 4.69) is 13.2 Å². The maximum Gasteiger partial charge on any atom is 0.218 e. The predicted octanol–water partition coefficient (Wildman–Crippen LogP) is 7.44. The van der Waals surface area contributed by atoms with Gasteiger partial charge in [0.1, 0.15) is 24.4 Å². The van der Waals surface area contributed by atoms with Crippen molar-refractivity contribution >= 4 is 0 Å². The SMILES string of the molecule is C=CCO[C@@]1(C=C)OC(COCc2ccccc2)[C@H](OCc2ccccc2)[C@@H](OCc2ccccc2)C1OCc1ccccc1. The molecular weight excluding hydrogens is 564 g/mol. The minimum Gasteiger partial charge on any atom is -0.374 e. The van der Waals surface area contributed by atoms with Crippen LogP contribution in [-0.2, 0) is 54.8 Å². The first kappa shape index (κ1) is 32.5. The maximum atomic E-state index is 6.80. The predicted molar refractivity (Wildman–Crippen MR) is 175 cm³/mol. The minimum absolute atomic E-state index is 0.218. The van der Waals surface area contributed by atoms with Crippen molar-refractivity contribution in [1.82, 2.24) is 0 Å². The molecule has 1 aliphatic heterocycles. The van der Waals surface area contributed by atoms with E-state index in [0.29, 0.717) is 26.4 Å². The number of hydrogen-bond acceptors (Lipinski definition) is 6. The van der Waals surface area contributed by atoms with Gasteiger partial charge in [-0.1, -0.05) is 134 Å². The third kappa shape index (κ3) is 9.08. The summed E-state index contributed by atoms with van der Waals surface area (Å²) in [5, 5.41) is 0. The van der Waals surface area contributed by atoms with Gasteiger partial charge in [0.2, 0.25) is 5.79 Å². The van der Waals surface area contributed by atoms with E-state index in [4.69, 9.17) is 28.4 Å². The highest BCUT2D eigenvalue weighted by atomic mass is 16.7. The van der Waals surface area contributed by atoms with Crippen LogP contribution in [0.2, 0.25) is 0 Å². The Bertz CT molecular complexity index is 1420. The van der Waals surface area contributed by atoms with E-state index in [1.807, 2.05) is 121 Å². The van der Waals surface area contributed by atoms with E-state index in [-0.39, 0.29) is 13.2 Å². The molecule has 1 heterocycles. The van der Waals surface area contributed by atoms with Crippen LogP contribution in [0.5, 0.6) is 0 Å². The summed E-state index contributed by atoms with van der Waals surface area (Å²) >= 11 is 0. The van der Waals surface area contributed by atoms with Crippen molar-refractivity contribution in [2.75, 3.05) is 13.2 Å². The van der Waals surface area contributed by atoms with Gasteiger partial charge in [0.25, 0.3) is 0 Å². The van der Waals surface area contributed by atoms with Crippen molar-refractivity contribution in [3.8, 4) is 0 Å². The Morgan fingerprint density at radius 3 is 1.49 bits per heavy atom. The van der Waals surface area contributed by atoms with Crippen molar-refractivity contribution in [2.24, 2.45) is 0 Å². The highest BCUT2D eigenvalue weighted by Gasteiger charge is 2.56. The maximum absolute atomic E-state index is 6.80. The Morgan fingerprint density at radius 2 is 1.02 bits per heavy atom. The molecular formula is C39H42O6. The van der Waals surface area contributed by atoms with E-state index in [1.54, 1.807) is 12.2 Å². The summed E-state index contributed by atoms with van der Waals surface area (Å²) in [5.74, 6) is -1.36. The zero-order valence-corrected chi connectivity index (χ0v) is 25.6. The zero-order chi connectivity index (χ0) is 31.2. The lowest BCUT2D eigenvalue weighted by Crippen LogP contribution is -2.67. The largest absolute Gasteiger partial charge is 0.374 e. The number of hydrogen-bond donors (Lipinski definition) is 0. The van der Waals surface area contributed by atoms with Crippen LogP contribution in [0.1, 0.15) is 22.3 Å². The molecule has 0 N–H and O–H groups in total. The summed E-state index contributed by atoms with van der Waals surface area (Å²) < 4.78 is 39.6. The van der Waals surface area contributed by atoms with Crippen molar-refractivity contribution in [3.05, 3.63) is 169 Å². The van der Waals surface area contributed by atoms with Gasteiger partial charge in [0.05, 0.1) is 39.6 Å². The molecule has 1 fully saturated rings. The zero-order valence-electron chi connectivity index (χ0n) is 25.6. The lowest BCUT2D eigenvalue weighted by Gasteiger charge is -2.51. The molecule has 2 unspecified atom stereocenters. The van der Waals surface area contributed by atoms with Gasteiger partial charge in [-0.15, -0.1) is 6.58 Å². The number of ether oxygens (including phenoxy) is 6. The molecule has 1 aliphatic rings. The van der Waals surface area contributed by atoms with Gasteiger partial charge in [0.15, 0.2) is 0 Å². The molecule has 234 valence electrons. The third-order valence-electron chi connectivity index (χ3n) is 7.67. The lowest BCUT2D eigenvalue weighted by molar-refractivity contribution is -0.361. The molecule has 45 heavy (non-hydrogen) atoms. The Balaban J connectivity index is 1.48. The molecule has 5 atom stereocenters. The van der Waals surface area contributed by atoms with Crippen LogP contribution >= 0.6 is 0 Å². The lowest BCUT2D eigenvalue weighted by atomic mass is 9.91. The smallest absolute Gasteiger partial charge is 0.218 e. The normalized spacial score (nSPS) is 22.9. The van der Waals surface area contributed by atoms with E-state index in [1.165, 1.54) is 0 Å². The van der Waals surface area contributed by atoms with Crippen LogP contribution < -0.4 is 0 Å². The molecule has 0 saturated carbocycles. The molecule has 1 saturated heterocycles. The molecule has 6 heteroatoms. The molecule has 0 radical (unpaired) electrons. The molecule has 0 aliphatic carbocycles. The second kappa shape index (κ2) is 17.0. The van der Waals surface area contributed by atoms with Gasteiger partial charge in [0, 0.05) is 0 Å². The molecule has 4 aromatic carbocycles. The summed E-state index contributed by atoms with van der Waals surface area (Å²) in [6.45, 7) is 9.90. The first-order valence-corrected chi connectivity index (χ1v) is 15.4. The molecule has 0 aromatic heterocycles. The Morgan fingerprint density at radius 1 is 0.578 bits per heavy atom. The summed E-state index contributed by atoms with van der Waals surface area (Å²) in [7, 11) is 0. The Hall–Kier alpha value is -3.88. The van der Waals surface area contributed by atoms with Gasteiger partial charge < -0.3 is 28.4 Å². The van der Waals surface area contributed by atoms with E-state index in [9.17, 15) is 0 Å². The monoisotopic (exact) mass is 606 g/mol. The van der Waals surface area contributed by atoms with Crippen molar-refractivity contribution in [3.63, 3.8) is 0 Å². The molecule has 0 bridgehead atoms. The molecule has 0 spiro atoms. The van der Waals surface area contributed by atoms with Gasteiger partial charge >= 0.3 is 0 Å². The van der Waals surface area contributed by atoms with Gasteiger partial charge in [-0.05, 0) is 28.3 Å². The molecule has 6 nitrogen and oxygen atoms in total. The van der Waals surface area contributed by atoms with Crippen LogP contribution in [0.3, 0.4) is 0 Å². The van der Waals surface area contributed by atoms with Crippen LogP contribution in [-0.4, -0.2) is 43.4 Å². The highest BCUT2D eigenvalue weighted by Crippen LogP contribution is 2.39. The number of rotatable bonds is 17. The van der Waals surface area contributed by atoms with Gasteiger partial charge in [-0.3, -0.25) is 0 Å². The van der Waals surface area contributed by atoms with Crippen molar-refractivity contribution < 1.29 is 28.4 Å². The fourth-order valence-electron chi connectivity index (χ4n) is 5.40. The fraction of sp³-hybridized carbons (Fsp3) is 0.282. The molecule has 5 rings (SSSR count). The van der Waals surface area contributed by atoms with E-state index >= 15 is 0 Å². The first-order chi connectivity index (χ1) is 22.2. The number of benzene rings is 4. The minimum atomic E-state index is -1.36. The van der Waals surface area contributed by atoms with Crippen molar-refractivity contribution in [1.29, 1.82) is 0 Å². The van der Waals surface area contributed by atoms with Crippen molar-refractivity contribution in [2.45, 2.75) is 56.6 Å². The van der Waals surface area contributed by atoms with Crippen LogP contribution in [0.4, 0.5) is 0 Å². The molecule has 4 aromatic rings. The fourth-order valence-corrected chi connectivity index (χ4v) is 5.40. The average molecular weight is 607 g/mol. The summed E-state index contributed by atoms with van der Waals surface area (Å²) in [6, 6.07) is 40.2. The summed E-state index contributed by atoms with van der Waals surface area (Å²) in [6.07, 6.45) is 0.859.